The standard InChI is InChI=1S/C13H13N2/c1-13(2,3)12-6-4-10(5-7-12)11(8-14)9-15/h4-7H,1-3H3/q-1. The summed E-state index contributed by atoms with van der Waals surface area (Å²) in [5.41, 5.74) is 2.14. The second-order valence-corrected chi connectivity index (χ2v) is 4.43. The molecule has 0 fully saturated rings. The third kappa shape index (κ3) is 2.56. The lowest BCUT2D eigenvalue weighted by Crippen LogP contribution is -2.10. The average Bonchev–Trinajstić information content (AvgIpc) is 2.19. The van der Waals surface area contributed by atoms with Crippen LogP contribution in [0.1, 0.15) is 31.9 Å². The van der Waals surface area contributed by atoms with Gasteiger partial charge in [-0.3, -0.25) is 0 Å². The highest BCUT2D eigenvalue weighted by Crippen LogP contribution is 2.23. The molecule has 0 saturated heterocycles. The highest BCUT2D eigenvalue weighted by molar-refractivity contribution is 5.98. The Kier molecular flexibility index (Phi) is 3.09. The maximum Gasteiger partial charge on any atom is 0.106 e. The van der Waals surface area contributed by atoms with E-state index in [0.717, 1.165) is 0 Å². The van der Waals surface area contributed by atoms with Crippen molar-refractivity contribution in [2.75, 3.05) is 0 Å². The van der Waals surface area contributed by atoms with E-state index < -0.39 is 0 Å². The Morgan fingerprint density at radius 2 is 1.73 bits per heavy atom. The van der Waals surface area contributed by atoms with E-state index in [1.807, 2.05) is 36.2 Å². The Morgan fingerprint density at radius 1 is 1.20 bits per heavy atom. The van der Waals surface area contributed by atoms with E-state index >= 15 is 0 Å². The number of benzene rings is 1. The van der Waals surface area contributed by atoms with Gasteiger partial charge in [-0.1, -0.05) is 45.0 Å². The highest BCUT2D eigenvalue weighted by Gasteiger charge is 2.12. The SMILES string of the molecule is CC(C)(C)c1ccc(C(=C=[N-])C#N)cc1. The molecule has 0 atom stereocenters. The van der Waals surface area contributed by atoms with E-state index in [1.54, 1.807) is 0 Å². The predicted molar refractivity (Wildman–Crippen MR) is 62.5 cm³/mol. The van der Waals surface area contributed by atoms with E-state index in [4.69, 9.17) is 10.7 Å². The van der Waals surface area contributed by atoms with E-state index in [9.17, 15) is 0 Å². The van der Waals surface area contributed by atoms with Crippen LogP contribution in [0.2, 0.25) is 0 Å². The van der Waals surface area contributed by atoms with Crippen molar-refractivity contribution in [3.8, 4) is 6.07 Å². The van der Waals surface area contributed by atoms with Gasteiger partial charge in [-0.15, -0.1) is 0 Å². The average molecular weight is 197 g/mol. The number of nitriles is 1. The molecule has 0 heterocycles. The summed E-state index contributed by atoms with van der Waals surface area (Å²) in [4.78, 5) is 0. The summed E-state index contributed by atoms with van der Waals surface area (Å²) in [5, 5.41) is 17.4. The number of hydrogen-bond donors (Lipinski definition) is 0. The molecular weight excluding hydrogens is 184 g/mol. The lowest BCUT2D eigenvalue weighted by molar-refractivity contribution is 0.590. The summed E-state index contributed by atoms with van der Waals surface area (Å²) in [6.07, 6.45) is 0. The Labute approximate surface area is 90.4 Å². The van der Waals surface area contributed by atoms with Gasteiger partial charge in [0.25, 0.3) is 0 Å². The van der Waals surface area contributed by atoms with Crippen molar-refractivity contribution in [3.05, 3.63) is 40.8 Å². The molecule has 2 nitrogen and oxygen atoms in total. The van der Waals surface area contributed by atoms with Crippen LogP contribution in [0.15, 0.2) is 24.3 Å². The van der Waals surface area contributed by atoms with Gasteiger partial charge in [0, 0.05) is 0 Å². The number of allylic oxidation sites excluding steroid dienone is 1. The second kappa shape index (κ2) is 4.13. The molecule has 0 radical (unpaired) electrons. The van der Waals surface area contributed by atoms with Gasteiger partial charge >= 0.3 is 0 Å². The number of hydrogen-bond acceptors (Lipinski definition) is 1. The molecule has 1 aromatic carbocycles. The van der Waals surface area contributed by atoms with Crippen molar-refractivity contribution in [2.45, 2.75) is 26.2 Å². The van der Waals surface area contributed by atoms with Gasteiger partial charge in [0.2, 0.25) is 0 Å². The summed E-state index contributed by atoms with van der Waals surface area (Å²) in [5.74, 6) is 1.88. The summed E-state index contributed by atoms with van der Waals surface area (Å²) < 4.78 is 0. The molecule has 1 rings (SSSR count). The summed E-state index contributed by atoms with van der Waals surface area (Å²) in [6.45, 7) is 6.38. The minimum Gasteiger partial charge on any atom is -0.762 e. The molecule has 0 aliphatic heterocycles. The molecule has 0 bridgehead atoms. The Hall–Kier alpha value is -1.84. The van der Waals surface area contributed by atoms with E-state index in [2.05, 4.69) is 20.8 Å². The monoisotopic (exact) mass is 197 g/mol. The van der Waals surface area contributed by atoms with Crippen molar-refractivity contribution in [1.29, 1.82) is 5.26 Å². The molecule has 0 N–H and O–H groups in total. The van der Waals surface area contributed by atoms with Gasteiger partial charge in [0.15, 0.2) is 0 Å². The van der Waals surface area contributed by atoms with E-state index in [0.29, 0.717) is 5.56 Å². The van der Waals surface area contributed by atoms with E-state index in [-0.39, 0.29) is 11.0 Å². The molecule has 0 aliphatic rings. The van der Waals surface area contributed by atoms with Crippen molar-refractivity contribution >= 4 is 11.4 Å². The first kappa shape index (κ1) is 11.2. The molecule has 0 aromatic heterocycles. The molecule has 2 heteroatoms. The van der Waals surface area contributed by atoms with Crippen LogP contribution < -0.4 is 0 Å². The van der Waals surface area contributed by atoms with Crippen molar-refractivity contribution < 1.29 is 0 Å². The first-order chi connectivity index (χ1) is 6.99. The molecule has 1 aromatic rings. The predicted octanol–water partition coefficient (Wildman–Crippen LogP) is 3.13. The number of nitrogens with zero attached hydrogens (tertiary/aromatic N) is 2. The molecule has 0 aliphatic carbocycles. The van der Waals surface area contributed by atoms with Crippen LogP contribution in [-0.2, 0) is 5.41 Å². The Morgan fingerprint density at radius 3 is 2.07 bits per heavy atom. The zero-order valence-corrected chi connectivity index (χ0v) is 9.20. The maximum atomic E-state index is 8.70. The quantitative estimate of drug-likeness (QED) is 0.504. The number of rotatable bonds is 1. The van der Waals surface area contributed by atoms with Crippen LogP contribution in [0, 0.1) is 11.3 Å². The van der Waals surface area contributed by atoms with Crippen LogP contribution in [0.3, 0.4) is 0 Å². The minimum absolute atomic E-state index is 0.0952. The topological polar surface area (TPSA) is 46.1 Å². The molecule has 0 saturated carbocycles. The molecule has 0 amide bonds. The lowest BCUT2D eigenvalue weighted by Gasteiger charge is -2.18. The second-order valence-electron chi connectivity index (χ2n) is 4.43. The normalized spacial score (nSPS) is 10.3. The van der Waals surface area contributed by atoms with Crippen molar-refractivity contribution in [1.82, 2.24) is 0 Å². The highest BCUT2D eigenvalue weighted by atomic mass is 14.3. The molecule has 15 heavy (non-hydrogen) atoms. The zero-order valence-electron chi connectivity index (χ0n) is 9.20. The maximum absolute atomic E-state index is 8.70. The van der Waals surface area contributed by atoms with Gasteiger partial charge in [-0.25, -0.2) is 5.87 Å². The zero-order chi connectivity index (χ0) is 11.5. The van der Waals surface area contributed by atoms with Crippen LogP contribution in [0.25, 0.3) is 11.0 Å². The summed E-state index contributed by atoms with van der Waals surface area (Å²) in [6, 6.07) is 9.45. The summed E-state index contributed by atoms with van der Waals surface area (Å²) >= 11 is 0. The fraction of sp³-hybridized carbons (Fsp3) is 0.308. The summed E-state index contributed by atoms with van der Waals surface area (Å²) in [7, 11) is 0. The van der Waals surface area contributed by atoms with Gasteiger partial charge in [0.1, 0.15) is 6.07 Å². The fourth-order valence-electron chi connectivity index (χ4n) is 1.29. The molecular formula is C13H13N2-. The van der Waals surface area contributed by atoms with Gasteiger partial charge in [-0.05, 0) is 16.5 Å². The molecule has 76 valence electrons. The largest absolute Gasteiger partial charge is 0.762 e. The van der Waals surface area contributed by atoms with Crippen molar-refractivity contribution in [2.24, 2.45) is 0 Å². The van der Waals surface area contributed by atoms with Crippen LogP contribution >= 0.6 is 0 Å². The molecule has 0 unspecified atom stereocenters. The van der Waals surface area contributed by atoms with Crippen LogP contribution in [0.5, 0.6) is 0 Å². The van der Waals surface area contributed by atoms with Gasteiger partial charge < -0.3 is 5.41 Å². The Balaban J connectivity index is 3.12. The van der Waals surface area contributed by atoms with Crippen molar-refractivity contribution in [3.63, 3.8) is 0 Å². The van der Waals surface area contributed by atoms with Crippen LogP contribution in [-0.4, -0.2) is 5.87 Å². The fourth-order valence-corrected chi connectivity index (χ4v) is 1.29. The molecule has 0 spiro atoms. The first-order valence-electron chi connectivity index (χ1n) is 4.77. The van der Waals surface area contributed by atoms with E-state index in [1.165, 1.54) is 5.56 Å². The van der Waals surface area contributed by atoms with Gasteiger partial charge in [0.05, 0.1) is 5.57 Å². The van der Waals surface area contributed by atoms with Crippen LogP contribution in [0.4, 0.5) is 0 Å². The third-order valence-corrected chi connectivity index (χ3v) is 2.26. The Bertz CT molecular complexity index is 435. The lowest BCUT2D eigenvalue weighted by atomic mass is 9.86. The third-order valence-electron chi connectivity index (χ3n) is 2.26. The first-order valence-corrected chi connectivity index (χ1v) is 4.77. The smallest absolute Gasteiger partial charge is 0.106 e. The van der Waals surface area contributed by atoms with Gasteiger partial charge in [-0.2, -0.15) is 5.26 Å². The minimum atomic E-state index is 0.0952.